The van der Waals surface area contributed by atoms with Crippen molar-refractivity contribution in [3.05, 3.63) is 30.7 Å². The van der Waals surface area contributed by atoms with Crippen molar-refractivity contribution in [2.45, 2.75) is 38.9 Å². The Labute approximate surface area is 113 Å². The van der Waals surface area contributed by atoms with E-state index in [1.807, 2.05) is 0 Å². The Balaban J connectivity index is 2.22. The van der Waals surface area contributed by atoms with E-state index in [0.29, 0.717) is 5.46 Å². The van der Waals surface area contributed by atoms with Gasteiger partial charge in [-0.15, -0.1) is 0 Å². The molecule has 2 aromatic heterocycles. The molecule has 0 aliphatic rings. The van der Waals surface area contributed by atoms with Crippen molar-refractivity contribution >= 4 is 18.2 Å². The predicted octanol–water partition coefficient (Wildman–Crippen LogP) is 0.588. The first-order chi connectivity index (χ1) is 8.71. The highest BCUT2D eigenvalue weighted by molar-refractivity contribution is 6.60. The summed E-state index contributed by atoms with van der Waals surface area (Å²) in [6.07, 6.45) is 5.24. The summed E-state index contributed by atoms with van der Waals surface area (Å²) < 4.78 is 7.39. The summed E-state index contributed by atoms with van der Waals surface area (Å²) in [5.74, 6) is 0. The molecule has 0 aromatic carbocycles. The van der Waals surface area contributed by atoms with Gasteiger partial charge in [-0.3, -0.25) is 0 Å². The molecular weight excluding hydrogens is 243 g/mol. The summed E-state index contributed by atoms with van der Waals surface area (Å²) in [4.78, 5) is 4.13. The molecule has 0 fully saturated rings. The van der Waals surface area contributed by atoms with Gasteiger partial charge in [0.1, 0.15) is 5.65 Å². The SMILES string of the molecule is CC(C)(O)C(C)(C)OB(O)c1ccc2nccn2c1. The highest BCUT2D eigenvalue weighted by Crippen LogP contribution is 2.25. The van der Waals surface area contributed by atoms with Gasteiger partial charge in [0.2, 0.25) is 0 Å². The van der Waals surface area contributed by atoms with Crippen LogP contribution < -0.4 is 5.46 Å². The van der Waals surface area contributed by atoms with E-state index in [-0.39, 0.29) is 0 Å². The molecule has 2 heterocycles. The lowest BCUT2D eigenvalue weighted by molar-refractivity contribution is -0.0982. The minimum atomic E-state index is -1.10. The molecule has 0 unspecified atom stereocenters. The number of fused-ring (bicyclic) bond motifs is 1. The Morgan fingerprint density at radius 3 is 2.58 bits per heavy atom. The van der Waals surface area contributed by atoms with Crippen LogP contribution in [0.4, 0.5) is 0 Å². The van der Waals surface area contributed by atoms with Gasteiger partial charge in [-0.05, 0) is 39.2 Å². The van der Waals surface area contributed by atoms with Crippen LogP contribution in [0.15, 0.2) is 30.7 Å². The van der Waals surface area contributed by atoms with Gasteiger partial charge >= 0.3 is 7.12 Å². The predicted molar refractivity (Wildman–Crippen MR) is 74.3 cm³/mol. The van der Waals surface area contributed by atoms with Crippen LogP contribution in [0.5, 0.6) is 0 Å². The number of hydrogen-bond donors (Lipinski definition) is 2. The van der Waals surface area contributed by atoms with Gasteiger partial charge in [-0.1, -0.05) is 6.07 Å². The molecule has 5 nitrogen and oxygen atoms in total. The summed E-state index contributed by atoms with van der Waals surface area (Å²) >= 11 is 0. The second kappa shape index (κ2) is 4.63. The first-order valence-electron chi connectivity index (χ1n) is 6.21. The van der Waals surface area contributed by atoms with Crippen molar-refractivity contribution in [2.75, 3.05) is 0 Å². The molecule has 0 spiro atoms. The van der Waals surface area contributed by atoms with E-state index in [1.165, 1.54) is 0 Å². The van der Waals surface area contributed by atoms with Gasteiger partial charge in [-0.2, -0.15) is 0 Å². The number of pyridine rings is 1. The minimum Gasteiger partial charge on any atom is -0.423 e. The molecular formula is C13H19BN2O3. The Kier molecular flexibility index (Phi) is 3.42. The molecule has 0 saturated carbocycles. The van der Waals surface area contributed by atoms with E-state index in [9.17, 15) is 10.1 Å². The highest BCUT2D eigenvalue weighted by Gasteiger charge is 2.39. The molecule has 0 aliphatic carbocycles. The van der Waals surface area contributed by atoms with Crippen LogP contribution in [-0.2, 0) is 4.65 Å². The number of aliphatic hydroxyl groups is 1. The lowest BCUT2D eigenvalue weighted by atomic mass is 9.77. The summed E-state index contributed by atoms with van der Waals surface area (Å²) in [6.45, 7) is 6.79. The molecule has 0 radical (unpaired) electrons. The monoisotopic (exact) mass is 262 g/mol. The average Bonchev–Trinajstić information content (AvgIpc) is 2.73. The van der Waals surface area contributed by atoms with Crippen LogP contribution in [0.2, 0.25) is 0 Å². The second-order valence-electron chi connectivity index (χ2n) is 5.69. The number of rotatable bonds is 4. The second-order valence-corrected chi connectivity index (χ2v) is 5.69. The maximum absolute atomic E-state index is 10.1. The van der Waals surface area contributed by atoms with Crippen LogP contribution in [0.25, 0.3) is 5.65 Å². The Morgan fingerprint density at radius 2 is 1.95 bits per heavy atom. The van der Waals surface area contributed by atoms with E-state index in [0.717, 1.165) is 5.65 Å². The third-order valence-corrected chi connectivity index (χ3v) is 3.58. The third kappa shape index (κ3) is 2.81. The number of nitrogens with zero attached hydrogens (tertiary/aromatic N) is 2. The van der Waals surface area contributed by atoms with Gasteiger partial charge < -0.3 is 19.2 Å². The summed E-state index contributed by atoms with van der Waals surface area (Å²) in [7, 11) is -1.10. The Hall–Kier alpha value is -1.37. The van der Waals surface area contributed by atoms with Crippen LogP contribution >= 0.6 is 0 Å². The Bertz CT molecular complexity index is 575. The summed E-state index contributed by atoms with van der Waals surface area (Å²) in [6, 6.07) is 3.56. The van der Waals surface area contributed by atoms with Crippen molar-refractivity contribution in [1.29, 1.82) is 0 Å². The molecule has 0 bridgehead atoms. The first-order valence-corrected chi connectivity index (χ1v) is 6.21. The van der Waals surface area contributed by atoms with E-state index < -0.39 is 18.3 Å². The molecule has 0 amide bonds. The fourth-order valence-electron chi connectivity index (χ4n) is 1.57. The van der Waals surface area contributed by atoms with Gasteiger partial charge in [0.15, 0.2) is 0 Å². The van der Waals surface area contributed by atoms with Crippen molar-refractivity contribution in [3.63, 3.8) is 0 Å². The normalized spacial score (nSPS) is 12.9. The Morgan fingerprint density at radius 1 is 1.26 bits per heavy atom. The molecule has 0 saturated heterocycles. The smallest absolute Gasteiger partial charge is 0.423 e. The molecule has 19 heavy (non-hydrogen) atoms. The molecule has 0 atom stereocenters. The number of hydrogen-bond acceptors (Lipinski definition) is 4. The van der Waals surface area contributed by atoms with Crippen LogP contribution in [0.1, 0.15) is 27.7 Å². The summed E-state index contributed by atoms with van der Waals surface area (Å²) in [5, 5.41) is 20.2. The zero-order chi connectivity index (χ0) is 14.3. The third-order valence-electron chi connectivity index (χ3n) is 3.58. The number of aromatic nitrogens is 2. The van der Waals surface area contributed by atoms with E-state index in [1.54, 1.807) is 62.8 Å². The number of imidazole rings is 1. The fourth-order valence-corrected chi connectivity index (χ4v) is 1.57. The van der Waals surface area contributed by atoms with Crippen LogP contribution in [0.3, 0.4) is 0 Å². The van der Waals surface area contributed by atoms with Crippen molar-refractivity contribution in [3.8, 4) is 0 Å². The minimum absolute atomic E-state index is 0.614. The topological polar surface area (TPSA) is 67.0 Å². The lowest BCUT2D eigenvalue weighted by Gasteiger charge is -2.38. The van der Waals surface area contributed by atoms with Crippen molar-refractivity contribution < 1.29 is 14.8 Å². The van der Waals surface area contributed by atoms with Crippen molar-refractivity contribution in [2.24, 2.45) is 0 Å². The van der Waals surface area contributed by atoms with E-state index >= 15 is 0 Å². The van der Waals surface area contributed by atoms with Gasteiger partial charge in [-0.25, -0.2) is 4.98 Å². The van der Waals surface area contributed by atoms with Crippen molar-refractivity contribution in [1.82, 2.24) is 9.38 Å². The van der Waals surface area contributed by atoms with E-state index in [4.69, 9.17) is 4.65 Å². The maximum Gasteiger partial charge on any atom is 0.493 e. The molecule has 6 heteroatoms. The standard InChI is InChI=1S/C13H19BN2O3/c1-12(2,17)13(3,4)19-14(18)10-5-6-11-15-7-8-16(11)9-10/h5-9,17-18H,1-4H3. The fraction of sp³-hybridized carbons (Fsp3) is 0.462. The van der Waals surface area contributed by atoms with Crippen LogP contribution in [-0.4, -0.2) is 37.8 Å². The quantitative estimate of drug-likeness (QED) is 0.791. The average molecular weight is 262 g/mol. The highest BCUT2D eigenvalue weighted by atomic mass is 16.5. The molecule has 2 N–H and O–H groups in total. The zero-order valence-electron chi connectivity index (χ0n) is 11.7. The van der Waals surface area contributed by atoms with Gasteiger partial charge in [0.05, 0.1) is 11.2 Å². The molecule has 0 aliphatic heterocycles. The van der Waals surface area contributed by atoms with Gasteiger partial charge in [0.25, 0.3) is 0 Å². The lowest BCUT2D eigenvalue weighted by Crippen LogP contribution is -2.53. The van der Waals surface area contributed by atoms with Crippen LogP contribution in [0, 0.1) is 0 Å². The molecule has 2 rings (SSSR count). The summed E-state index contributed by atoms with van der Waals surface area (Å²) in [5.41, 5.74) is -0.524. The molecule has 102 valence electrons. The first kappa shape index (κ1) is 14.1. The largest absolute Gasteiger partial charge is 0.493 e. The molecule has 2 aromatic rings. The van der Waals surface area contributed by atoms with E-state index in [2.05, 4.69) is 4.98 Å². The van der Waals surface area contributed by atoms with Gasteiger partial charge in [0, 0.05) is 18.6 Å². The maximum atomic E-state index is 10.1. The zero-order valence-corrected chi connectivity index (χ0v) is 11.7.